The van der Waals surface area contributed by atoms with Crippen LogP contribution in [-0.4, -0.2) is 117 Å². The number of hydrogen-bond acceptors (Lipinski definition) is 10. The zero-order chi connectivity index (χ0) is 38.0. The molecule has 3 aromatic carbocycles. The Bertz CT molecular complexity index is 1720. The molecule has 0 aromatic heterocycles. The molecule has 0 radical (unpaired) electrons. The van der Waals surface area contributed by atoms with Gasteiger partial charge in [-0.2, -0.15) is 0 Å². The van der Waals surface area contributed by atoms with Crippen molar-refractivity contribution in [3.63, 3.8) is 0 Å². The first kappa shape index (κ1) is 41.3. The fourth-order valence-corrected chi connectivity index (χ4v) is 7.60. The van der Waals surface area contributed by atoms with Crippen LogP contribution in [0.1, 0.15) is 64.1 Å². The zero-order valence-electron chi connectivity index (χ0n) is 31.1. The first-order chi connectivity index (χ1) is 26.4. The predicted octanol–water partition coefficient (Wildman–Crippen LogP) is 3.74. The number of amides is 2. The van der Waals surface area contributed by atoms with Gasteiger partial charge in [-0.25, -0.2) is 13.1 Å². The summed E-state index contributed by atoms with van der Waals surface area (Å²) >= 11 is 0. The van der Waals surface area contributed by atoms with Crippen molar-refractivity contribution < 1.29 is 41.7 Å². The van der Waals surface area contributed by atoms with Crippen molar-refractivity contribution in [1.82, 2.24) is 20.3 Å². The summed E-state index contributed by atoms with van der Waals surface area (Å²) in [5.41, 5.74) is 3.31. The summed E-state index contributed by atoms with van der Waals surface area (Å²) in [5.74, 6) is 0.0828. The number of ether oxygens (including phenoxy) is 5. The summed E-state index contributed by atoms with van der Waals surface area (Å²) in [6, 6.07) is 21.8. The lowest BCUT2D eigenvalue weighted by Crippen LogP contribution is -2.43. The van der Waals surface area contributed by atoms with Gasteiger partial charge in [0.25, 0.3) is 11.8 Å². The van der Waals surface area contributed by atoms with Gasteiger partial charge in [-0.15, -0.1) is 0 Å². The fourth-order valence-electron chi connectivity index (χ4n) is 6.59. The number of benzene rings is 3. The maximum absolute atomic E-state index is 12.9. The molecule has 54 heavy (non-hydrogen) atoms. The largest absolute Gasteiger partial charge is 0.484 e. The van der Waals surface area contributed by atoms with Gasteiger partial charge in [0.2, 0.25) is 10.0 Å². The summed E-state index contributed by atoms with van der Waals surface area (Å²) in [6.07, 6.45) is 4.55. The Balaban J connectivity index is 0.902. The number of likely N-dealkylation sites (tertiary alicyclic amines) is 1. The third-order valence-electron chi connectivity index (χ3n) is 9.33. The second-order valence-corrected chi connectivity index (χ2v) is 14.9. The van der Waals surface area contributed by atoms with Gasteiger partial charge in [0.05, 0.1) is 57.2 Å². The molecule has 1 aliphatic carbocycles. The van der Waals surface area contributed by atoms with E-state index in [1.807, 2.05) is 6.92 Å². The average Bonchev–Trinajstić information content (AvgIpc) is 3.56. The van der Waals surface area contributed by atoms with Crippen LogP contribution in [0, 0.1) is 0 Å². The number of rotatable bonds is 23. The van der Waals surface area contributed by atoms with Crippen molar-refractivity contribution in [2.24, 2.45) is 0 Å². The molecule has 1 heterocycles. The van der Waals surface area contributed by atoms with Crippen LogP contribution < -0.4 is 20.1 Å². The molecule has 3 N–H and O–H groups in total. The normalized spacial score (nSPS) is 17.2. The second kappa shape index (κ2) is 21.9. The molecule has 0 bridgehead atoms. The van der Waals surface area contributed by atoms with Crippen molar-refractivity contribution in [2.45, 2.75) is 49.6 Å². The minimum atomic E-state index is -3.71. The van der Waals surface area contributed by atoms with Crippen LogP contribution in [0.2, 0.25) is 0 Å². The third kappa shape index (κ3) is 12.6. The molecule has 13 nitrogen and oxygen atoms in total. The molecule has 2 amide bonds. The van der Waals surface area contributed by atoms with E-state index in [4.69, 9.17) is 23.7 Å². The highest BCUT2D eigenvalue weighted by Gasteiger charge is 2.38. The number of hydrogen-bond donors (Lipinski definition) is 3. The zero-order valence-corrected chi connectivity index (χ0v) is 31.9. The fraction of sp³-hybridized carbons (Fsp3) is 0.500. The van der Waals surface area contributed by atoms with Crippen LogP contribution >= 0.6 is 0 Å². The Morgan fingerprint density at radius 1 is 0.704 bits per heavy atom. The molecule has 1 saturated heterocycles. The van der Waals surface area contributed by atoms with Gasteiger partial charge in [-0.05, 0) is 92.9 Å². The highest BCUT2D eigenvalue weighted by molar-refractivity contribution is 7.89. The monoisotopic (exact) mass is 766 g/mol. The second-order valence-electron chi connectivity index (χ2n) is 13.1. The van der Waals surface area contributed by atoms with Crippen LogP contribution in [0.15, 0.2) is 77.7 Å². The van der Waals surface area contributed by atoms with E-state index in [1.54, 1.807) is 48.5 Å². The van der Waals surface area contributed by atoms with Crippen molar-refractivity contribution in [2.75, 3.05) is 85.6 Å². The van der Waals surface area contributed by atoms with Gasteiger partial charge in [0.1, 0.15) is 11.9 Å². The number of carbonyl (C=O) groups is 2. The summed E-state index contributed by atoms with van der Waals surface area (Å²) < 4.78 is 56.7. The number of fused-ring (bicyclic) bond motifs is 1. The molecule has 1 fully saturated rings. The van der Waals surface area contributed by atoms with Crippen LogP contribution in [0.4, 0.5) is 0 Å². The van der Waals surface area contributed by atoms with Gasteiger partial charge >= 0.3 is 0 Å². The quantitative estimate of drug-likeness (QED) is 0.122. The number of nitrogens with zero attached hydrogens (tertiary/aromatic N) is 1. The number of carbonyl (C=O) groups excluding carboxylic acids is 2. The molecule has 5 rings (SSSR count). The highest BCUT2D eigenvalue weighted by Crippen LogP contribution is 2.39. The lowest BCUT2D eigenvalue weighted by molar-refractivity contribution is 0.0162. The Morgan fingerprint density at radius 2 is 1.30 bits per heavy atom. The van der Waals surface area contributed by atoms with E-state index in [0.29, 0.717) is 76.2 Å². The molecule has 3 aromatic rings. The number of sulfonamides is 1. The van der Waals surface area contributed by atoms with Crippen LogP contribution in [0.25, 0.3) is 0 Å². The highest BCUT2D eigenvalue weighted by atomic mass is 32.2. The SMILES string of the molecule is CCOCCNC(=O)c1cccc(C(=O)NCCOCCOCCOCCNS(=O)(=O)c2ccc(O[C@H]3c4ccccc4C[C@@H]3N3CCCCC3)cc2)c1. The first-order valence-corrected chi connectivity index (χ1v) is 20.4. The Hall–Kier alpha value is -3.89. The number of piperidine rings is 1. The van der Waals surface area contributed by atoms with E-state index in [0.717, 1.165) is 19.5 Å². The van der Waals surface area contributed by atoms with Gasteiger partial charge in [0, 0.05) is 37.4 Å². The van der Waals surface area contributed by atoms with Gasteiger partial charge in [0.15, 0.2) is 0 Å². The van der Waals surface area contributed by atoms with E-state index in [9.17, 15) is 18.0 Å². The van der Waals surface area contributed by atoms with E-state index < -0.39 is 10.0 Å². The van der Waals surface area contributed by atoms with Gasteiger partial charge in [-0.3, -0.25) is 14.5 Å². The summed E-state index contributed by atoms with van der Waals surface area (Å²) in [5, 5.41) is 5.53. The molecular weight excluding hydrogens is 713 g/mol. The molecule has 0 spiro atoms. The maximum atomic E-state index is 12.9. The predicted molar refractivity (Wildman–Crippen MR) is 204 cm³/mol. The van der Waals surface area contributed by atoms with E-state index in [2.05, 4.69) is 44.5 Å². The van der Waals surface area contributed by atoms with Crippen molar-refractivity contribution >= 4 is 21.8 Å². The van der Waals surface area contributed by atoms with E-state index in [1.165, 1.54) is 30.4 Å². The third-order valence-corrected chi connectivity index (χ3v) is 10.8. The molecule has 0 saturated carbocycles. The van der Waals surface area contributed by atoms with Crippen LogP contribution in [-0.2, 0) is 35.4 Å². The smallest absolute Gasteiger partial charge is 0.251 e. The molecule has 2 aliphatic rings. The molecule has 2 atom stereocenters. The molecule has 14 heteroatoms. The standard InChI is InChI=1S/C40H54N4O9S/c1-2-49-22-17-41-39(45)32-10-8-11-33(29-32)40(46)42-18-23-50-25-27-52-28-26-51-24-19-43-54(47,48)35-15-13-34(14-16-35)53-38-36-12-5-4-9-31(36)30-37(38)44-20-6-3-7-21-44/h4-5,8-16,29,37-38,43H,2-3,6-7,17-28,30H2,1H3,(H,41,45)(H,42,46)/t37-,38-/m0/s1. The molecule has 0 unspecified atom stereocenters. The van der Waals surface area contributed by atoms with Crippen LogP contribution in [0.3, 0.4) is 0 Å². The molecular formula is C40H54N4O9S. The van der Waals surface area contributed by atoms with Crippen molar-refractivity contribution in [1.29, 1.82) is 0 Å². The minimum Gasteiger partial charge on any atom is -0.484 e. The minimum absolute atomic E-state index is 0.0946. The Morgan fingerprint density at radius 3 is 1.94 bits per heavy atom. The molecule has 294 valence electrons. The summed E-state index contributed by atoms with van der Waals surface area (Å²) in [4.78, 5) is 27.5. The van der Waals surface area contributed by atoms with Crippen molar-refractivity contribution in [3.8, 4) is 5.75 Å². The Labute approximate surface area is 319 Å². The Kier molecular flexibility index (Phi) is 16.7. The number of nitrogens with one attached hydrogen (secondary N) is 3. The van der Waals surface area contributed by atoms with Gasteiger partial charge in [-0.1, -0.05) is 36.8 Å². The van der Waals surface area contributed by atoms with Gasteiger partial charge < -0.3 is 34.3 Å². The topological polar surface area (TPSA) is 154 Å². The lowest BCUT2D eigenvalue weighted by atomic mass is 10.0. The van der Waals surface area contributed by atoms with Crippen molar-refractivity contribution in [3.05, 3.63) is 95.1 Å². The lowest BCUT2D eigenvalue weighted by Gasteiger charge is -2.35. The average molecular weight is 767 g/mol. The first-order valence-electron chi connectivity index (χ1n) is 18.9. The van der Waals surface area contributed by atoms with Crippen LogP contribution in [0.5, 0.6) is 5.75 Å². The summed E-state index contributed by atoms with van der Waals surface area (Å²) in [7, 11) is -3.71. The van der Waals surface area contributed by atoms with E-state index in [-0.39, 0.29) is 42.0 Å². The van der Waals surface area contributed by atoms with E-state index >= 15 is 0 Å². The molecule has 1 aliphatic heterocycles. The summed E-state index contributed by atoms with van der Waals surface area (Å²) in [6.45, 7) is 7.68. The maximum Gasteiger partial charge on any atom is 0.251 e.